The van der Waals surface area contributed by atoms with Crippen molar-refractivity contribution in [3.05, 3.63) is 0 Å². The van der Waals surface area contributed by atoms with Gasteiger partial charge in [-0.15, -0.1) is 0 Å². The molecule has 2 aliphatic rings. The second kappa shape index (κ2) is 6.29. The van der Waals surface area contributed by atoms with E-state index >= 15 is 0 Å². The number of carbonyl (C=O) groups excluding carboxylic acids is 1. The van der Waals surface area contributed by atoms with Gasteiger partial charge in [0.05, 0.1) is 19.0 Å². The van der Waals surface area contributed by atoms with E-state index < -0.39 is 28.6 Å². The lowest BCUT2D eigenvalue weighted by molar-refractivity contribution is -0.142. The van der Waals surface area contributed by atoms with Gasteiger partial charge in [-0.05, 0) is 12.8 Å². The van der Waals surface area contributed by atoms with Crippen LogP contribution in [0.1, 0.15) is 12.8 Å². The summed E-state index contributed by atoms with van der Waals surface area (Å²) in [6.07, 6.45) is 2.30. The molecule has 2 fully saturated rings. The quantitative estimate of drug-likeness (QED) is 0.671. The first kappa shape index (κ1) is 16.2. The van der Waals surface area contributed by atoms with Crippen LogP contribution in [0.4, 0.5) is 0 Å². The fourth-order valence-electron chi connectivity index (χ4n) is 2.31. The molecule has 2 rings (SSSR count). The maximum Gasteiger partial charge on any atom is 0.318 e. The number of sulfonamides is 1. The van der Waals surface area contributed by atoms with Crippen LogP contribution >= 0.6 is 0 Å². The van der Waals surface area contributed by atoms with Crippen LogP contribution in [0.15, 0.2) is 0 Å². The van der Waals surface area contributed by atoms with Crippen molar-refractivity contribution in [1.29, 1.82) is 0 Å². The molecule has 9 heteroatoms. The minimum Gasteiger partial charge on any atom is -0.480 e. The van der Waals surface area contributed by atoms with E-state index in [-0.39, 0.29) is 18.4 Å². The lowest BCUT2D eigenvalue weighted by Gasteiger charge is -2.35. The van der Waals surface area contributed by atoms with Crippen molar-refractivity contribution in [2.45, 2.75) is 18.9 Å². The Morgan fingerprint density at radius 1 is 1.38 bits per heavy atom. The molecule has 0 aromatic rings. The van der Waals surface area contributed by atoms with E-state index in [1.807, 2.05) is 0 Å². The van der Waals surface area contributed by atoms with Crippen LogP contribution in [0.25, 0.3) is 0 Å². The zero-order valence-electron chi connectivity index (χ0n) is 11.9. The number of nitrogens with zero attached hydrogens (tertiary/aromatic N) is 2. The van der Waals surface area contributed by atoms with Crippen LogP contribution in [0, 0.1) is 5.92 Å². The number of morpholine rings is 1. The highest BCUT2D eigenvalue weighted by Crippen LogP contribution is 2.31. The van der Waals surface area contributed by atoms with E-state index in [2.05, 4.69) is 0 Å². The standard InChI is InChI=1S/C12H20N2O6S/c1-21(18,19)14(8-11(15)16)7-10-6-13(4-5-20-10)12(17)9-2-3-9/h9-10H,2-8H2,1H3,(H,15,16). The van der Waals surface area contributed by atoms with Crippen molar-refractivity contribution in [1.82, 2.24) is 9.21 Å². The Morgan fingerprint density at radius 3 is 2.57 bits per heavy atom. The van der Waals surface area contributed by atoms with Gasteiger partial charge in [0.25, 0.3) is 0 Å². The SMILES string of the molecule is CS(=O)(=O)N(CC(=O)O)CC1CN(C(=O)C2CC2)CCO1. The Hall–Kier alpha value is -1.19. The highest BCUT2D eigenvalue weighted by atomic mass is 32.2. The molecule has 1 aliphatic heterocycles. The number of carboxylic acid groups (broad SMARTS) is 1. The van der Waals surface area contributed by atoms with Gasteiger partial charge < -0.3 is 14.7 Å². The predicted octanol–water partition coefficient (Wildman–Crippen LogP) is -1.03. The third kappa shape index (κ3) is 4.65. The van der Waals surface area contributed by atoms with E-state index in [0.29, 0.717) is 19.7 Å². The topological polar surface area (TPSA) is 104 Å². The highest BCUT2D eigenvalue weighted by molar-refractivity contribution is 7.88. The van der Waals surface area contributed by atoms with Gasteiger partial charge in [0, 0.05) is 25.6 Å². The molecule has 0 aromatic heterocycles. The van der Waals surface area contributed by atoms with Crippen LogP contribution in [0.3, 0.4) is 0 Å². The van der Waals surface area contributed by atoms with Crippen LogP contribution in [0.2, 0.25) is 0 Å². The third-order valence-corrected chi connectivity index (χ3v) is 4.78. The number of amides is 1. The predicted molar refractivity (Wildman–Crippen MR) is 73.1 cm³/mol. The number of carboxylic acids is 1. The van der Waals surface area contributed by atoms with Gasteiger partial charge in [-0.25, -0.2) is 8.42 Å². The first-order chi connectivity index (χ1) is 9.77. The summed E-state index contributed by atoms with van der Waals surface area (Å²) < 4.78 is 29.5. The maximum atomic E-state index is 12.0. The zero-order valence-corrected chi connectivity index (χ0v) is 12.7. The molecule has 120 valence electrons. The smallest absolute Gasteiger partial charge is 0.318 e. The summed E-state index contributed by atoms with van der Waals surface area (Å²) in [5, 5.41) is 8.79. The third-order valence-electron chi connectivity index (χ3n) is 3.56. The van der Waals surface area contributed by atoms with E-state index in [1.165, 1.54) is 0 Å². The molecule has 1 aliphatic carbocycles. The van der Waals surface area contributed by atoms with E-state index in [1.54, 1.807) is 4.90 Å². The van der Waals surface area contributed by atoms with E-state index in [0.717, 1.165) is 23.4 Å². The average molecular weight is 320 g/mol. The summed E-state index contributed by atoms with van der Waals surface area (Å²) in [7, 11) is -3.63. The Kier molecular flexibility index (Phi) is 4.84. The lowest BCUT2D eigenvalue weighted by atomic mass is 10.2. The molecule has 1 heterocycles. The first-order valence-corrected chi connectivity index (χ1v) is 8.69. The molecule has 21 heavy (non-hydrogen) atoms. The number of aliphatic carboxylic acids is 1. The van der Waals surface area contributed by atoms with Crippen LogP contribution in [-0.2, 0) is 24.3 Å². The van der Waals surface area contributed by atoms with Crippen molar-refractivity contribution in [2.24, 2.45) is 5.92 Å². The number of ether oxygens (including phenoxy) is 1. The molecule has 0 aromatic carbocycles. The molecule has 1 saturated heterocycles. The molecule has 1 N–H and O–H groups in total. The Morgan fingerprint density at radius 2 is 2.05 bits per heavy atom. The van der Waals surface area contributed by atoms with Crippen molar-refractivity contribution in [3.8, 4) is 0 Å². The van der Waals surface area contributed by atoms with Gasteiger partial charge in [0.15, 0.2) is 0 Å². The van der Waals surface area contributed by atoms with Gasteiger partial charge in [-0.1, -0.05) is 0 Å². The molecule has 0 spiro atoms. The van der Waals surface area contributed by atoms with Crippen molar-refractivity contribution in [3.63, 3.8) is 0 Å². The maximum absolute atomic E-state index is 12.0. The Bertz CT molecular complexity index is 516. The number of rotatable bonds is 6. The molecule has 1 amide bonds. The molecule has 0 bridgehead atoms. The largest absolute Gasteiger partial charge is 0.480 e. The molecule has 1 unspecified atom stereocenters. The minimum absolute atomic E-state index is 0.0560. The average Bonchev–Trinajstić information content (AvgIpc) is 3.20. The summed E-state index contributed by atoms with van der Waals surface area (Å²) in [6.45, 7) is 0.493. The Labute approximate surface area is 123 Å². The summed E-state index contributed by atoms with van der Waals surface area (Å²) in [5.41, 5.74) is 0. The first-order valence-electron chi connectivity index (χ1n) is 6.84. The van der Waals surface area contributed by atoms with Crippen LogP contribution in [-0.4, -0.2) is 79.8 Å². The second-order valence-corrected chi connectivity index (χ2v) is 7.48. The number of hydrogen-bond donors (Lipinski definition) is 1. The molecule has 0 radical (unpaired) electrons. The van der Waals surface area contributed by atoms with Crippen LogP contribution < -0.4 is 0 Å². The van der Waals surface area contributed by atoms with Crippen LogP contribution in [0.5, 0.6) is 0 Å². The van der Waals surface area contributed by atoms with Gasteiger partial charge in [0.1, 0.15) is 6.54 Å². The highest BCUT2D eigenvalue weighted by Gasteiger charge is 2.36. The van der Waals surface area contributed by atoms with Crippen molar-refractivity contribution >= 4 is 21.9 Å². The molecular weight excluding hydrogens is 300 g/mol. The lowest BCUT2D eigenvalue weighted by Crippen LogP contribution is -2.51. The van der Waals surface area contributed by atoms with Gasteiger partial charge >= 0.3 is 5.97 Å². The minimum atomic E-state index is -3.63. The second-order valence-electron chi connectivity index (χ2n) is 5.50. The summed E-state index contributed by atoms with van der Waals surface area (Å²) in [4.78, 5) is 24.5. The summed E-state index contributed by atoms with van der Waals surface area (Å²) in [5.74, 6) is -1.02. The fourth-order valence-corrected chi connectivity index (χ4v) is 3.10. The summed E-state index contributed by atoms with van der Waals surface area (Å²) >= 11 is 0. The molecule has 8 nitrogen and oxygen atoms in total. The fraction of sp³-hybridized carbons (Fsp3) is 0.833. The van der Waals surface area contributed by atoms with E-state index in [9.17, 15) is 18.0 Å². The van der Waals surface area contributed by atoms with E-state index in [4.69, 9.17) is 9.84 Å². The number of carbonyl (C=O) groups is 2. The van der Waals surface area contributed by atoms with Gasteiger partial charge in [-0.2, -0.15) is 4.31 Å². The normalized spacial score (nSPS) is 23.3. The molecule has 1 atom stereocenters. The van der Waals surface area contributed by atoms with Gasteiger partial charge in [-0.3, -0.25) is 9.59 Å². The zero-order chi connectivity index (χ0) is 15.6. The number of hydrogen-bond acceptors (Lipinski definition) is 5. The molecular formula is C12H20N2O6S. The van der Waals surface area contributed by atoms with Gasteiger partial charge in [0.2, 0.25) is 15.9 Å². The molecule has 1 saturated carbocycles. The monoisotopic (exact) mass is 320 g/mol. The Balaban J connectivity index is 1.96. The van der Waals surface area contributed by atoms with Crippen molar-refractivity contribution < 1.29 is 27.9 Å². The summed E-state index contributed by atoms with van der Waals surface area (Å²) in [6, 6.07) is 0. The van der Waals surface area contributed by atoms with Crippen molar-refractivity contribution in [2.75, 3.05) is 39.0 Å².